The van der Waals surface area contributed by atoms with Gasteiger partial charge >= 0.3 is 0 Å². The van der Waals surface area contributed by atoms with Gasteiger partial charge in [-0.2, -0.15) is 0 Å². The van der Waals surface area contributed by atoms with Crippen molar-refractivity contribution in [3.05, 3.63) is 53.7 Å². The summed E-state index contributed by atoms with van der Waals surface area (Å²) in [4.78, 5) is 14.2. The number of piperidine rings is 1. The van der Waals surface area contributed by atoms with Crippen molar-refractivity contribution in [3.63, 3.8) is 0 Å². The zero-order valence-electron chi connectivity index (χ0n) is 13.0. The molecule has 1 N–H and O–H groups in total. The molecule has 1 aromatic carbocycles. The molecule has 3 heteroatoms. The second-order valence-corrected chi connectivity index (χ2v) is 6.09. The molecule has 0 spiro atoms. The van der Waals surface area contributed by atoms with Gasteiger partial charge in [-0.05, 0) is 49.4 Å². The van der Waals surface area contributed by atoms with E-state index in [0.717, 1.165) is 31.5 Å². The molecule has 1 atom stereocenters. The molecule has 0 radical (unpaired) electrons. The maximum atomic E-state index is 12.4. The van der Waals surface area contributed by atoms with Crippen LogP contribution in [0.2, 0.25) is 0 Å². The summed E-state index contributed by atoms with van der Waals surface area (Å²) in [6, 6.07) is 10.4. The molecule has 0 aromatic heterocycles. The van der Waals surface area contributed by atoms with Crippen LogP contribution in [0.3, 0.4) is 0 Å². The van der Waals surface area contributed by atoms with Crippen LogP contribution < -0.4 is 5.32 Å². The third-order valence-corrected chi connectivity index (χ3v) is 4.45. The van der Waals surface area contributed by atoms with E-state index in [1.54, 1.807) is 6.08 Å². The SMILES string of the molecule is O=C(C=Cc1ccccc1)N1C=C([C@@H]2CCCCN2)CCC1. The minimum atomic E-state index is 0.0804. The molecular weight excluding hydrogens is 272 g/mol. The van der Waals surface area contributed by atoms with Crippen LogP contribution in [0, 0.1) is 0 Å². The Labute approximate surface area is 132 Å². The molecule has 0 aliphatic carbocycles. The lowest BCUT2D eigenvalue weighted by Crippen LogP contribution is -2.39. The molecule has 2 aliphatic heterocycles. The van der Waals surface area contributed by atoms with Crippen LogP contribution in [-0.2, 0) is 4.79 Å². The van der Waals surface area contributed by atoms with Gasteiger partial charge in [-0.15, -0.1) is 0 Å². The number of hydrogen-bond acceptors (Lipinski definition) is 2. The lowest BCUT2D eigenvalue weighted by atomic mass is 9.93. The van der Waals surface area contributed by atoms with E-state index in [-0.39, 0.29) is 5.91 Å². The van der Waals surface area contributed by atoms with Gasteiger partial charge in [0.15, 0.2) is 0 Å². The van der Waals surface area contributed by atoms with E-state index in [1.807, 2.05) is 41.3 Å². The smallest absolute Gasteiger partial charge is 0.250 e. The summed E-state index contributed by atoms with van der Waals surface area (Å²) < 4.78 is 0. The molecule has 0 saturated carbocycles. The normalized spacial score (nSPS) is 22.6. The van der Waals surface area contributed by atoms with Gasteiger partial charge in [0.2, 0.25) is 0 Å². The van der Waals surface area contributed by atoms with Crippen LogP contribution in [0.1, 0.15) is 37.7 Å². The molecule has 1 saturated heterocycles. The van der Waals surface area contributed by atoms with E-state index < -0.39 is 0 Å². The summed E-state index contributed by atoms with van der Waals surface area (Å²) in [6.07, 6.45) is 11.6. The zero-order valence-corrected chi connectivity index (χ0v) is 13.0. The number of amides is 1. The average Bonchev–Trinajstić information content (AvgIpc) is 2.61. The van der Waals surface area contributed by atoms with Crippen molar-refractivity contribution in [3.8, 4) is 0 Å². The van der Waals surface area contributed by atoms with Crippen LogP contribution in [0.15, 0.2) is 48.2 Å². The number of carbonyl (C=O) groups is 1. The standard InChI is InChI=1S/C19H24N2O/c22-19(12-11-16-7-2-1-3-8-16)21-14-6-9-17(15-21)18-10-4-5-13-20-18/h1-3,7-8,11-12,15,18,20H,4-6,9-10,13-14H2/t18-/m0/s1. The predicted octanol–water partition coefficient (Wildman–Crippen LogP) is 3.35. The van der Waals surface area contributed by atoms with Gasteiger partial charge in [-0.1, -0.05) is 36.8 Å². The van der Waals surface area contributed by atoms with E-state index in [0.29, 0.717) is 6.04 Å². The van der Waals surface area contributed by atoms with Crippen molar-refractivity contribution in [2.75, 3.05) is 13.1 Å². The van der Waals surface area contributed by atoms with Gasteiger partial charge in [0.05, 0.1) is 0 Å². The van der Waals surface area contributed by atoms with Crippen molar-refractivity contribution in [2.24, 2.45) is 0 Å². The first kappa shape index (κ1) is 15.0. The Kier molecular flexibility index (Phi) is 5.07. The molecule has 0 bridgehead atoms. The first-order valence-corrected chi connectivity index (χ1v) is 8.30. The van der Waals surface area contributed by atoms with Gasteiger partial charge in [-0.3, -0.25) is 4.79 Å². The maximum Gasteiger partial charge on any atom is 0.250 e. The lowest BCUT2D eigenvalue weighted by molar-refractivity contribution is -0.123. The zero-order chi connectivity index (χ0) is 15.2. The number of hydrogen-bond donors (Lipinski definition) is 1. The minimum Gasteiger partial charge on any atom is -0.316 e. The van der Waals surface area contributed by atoms with Gasteiger partial charge in [-0.25, -0.2) is 0 Å². The van der Waals surface area contributed by atoms with Gasteiger partial charge in [0, 0.05) is 24.9 Å². The number of carbonyl (C=O) groups excluding carboxylic acids is 1. The van der Waals surface area contributed by atoms with Crippen molar-refractivity contribution in [1.29, 1.82) is 0 Å². The van der Waals surface area contributed by atoms with Crippen molar-refractivity contribution >= 4 is 12.0 Å². The molecule has 1 aromatic rings. The summed E-state index contributed by atoms with van der Waals surface area (Å²) in [5.74, 6) is 0.0804. The Hall–Kier alpha value is -1.87. The summed E-state index contributed by atoms with van der Waals surface area (Å²) in [5, 5.41) is 3.58. The number of nitrogens with one attached hydrogen (secondary N) is 1. The average molecular weight is 296 g/mol. The lowest BCUT2D eigenvalue weighted by Gasteiger charge is -2.31. The topological polar surface area (TPSA) is 32.3 Å². The number of rotatable bonds is 3. The third kappa shape index (κ3) is 3.86. The molecule has 3 rings (SSSR count). The van der Waals surface area contributed by atoms with E-state index in [4.69, 9.17) is 0 Å². The Balaban J connectivity index is 1.65. The molecule has 2 aliphatic rings. The first-order valence-electron chi connectivity index (χ1n) is 8.30. The largest absolute Gasteiger partial charge is 0.316 e. The number of nitrogens with zero attached hydrogens (tertiary/aromatic N) is 1. The van der Waals surface area contributed by atoms with E-state index in [9.17, 15) is 4.79 Å². The van der Waals surface area contributed by atoms with E-state index >= 15 is 0 Å². The van der Waals surface area contributed by atoms with E-state index in [2.05, 4.69) is 11.5 Å². The molecule has 2 heterocycles. The fourth-order valence-electron chi connectivity index (χ4n) is 3.22. The molecule has 1 fully saturated rings. The van der Waals surface area contributed by atoms with Crippen LogP contribution in [0.5, 0.6) is 0 Å². The highest BCUT2D eigenvalue weighted by molar-refractivity contribution is 5.92. The summed E-state index contributed by atoms with van der Waals surface area (Å²) in [6.45, 7) is 1.93. The van der Waals surface area contributed by atoms with Gasteiger partial charge in [0.1, 0.15) is 0 Å². The van der Waals surface area contributed by atoms with Crippen LogP contribution >= 0.6 is 0 Å². The Morgan fingerprint density at radius 1 is 1.18 bits per heavy atom. The monoisotopic (exact) mass is 296 g/mol. The Morgan fingerprint density at radius 2 is 2.05 bits per heavy atom. The van der Waals surface area contributed by atoms with Crippen LogP contribution in [0.4, 0.5) is 0 Å². The van der Waals surface area contributed by atoms with E-state index in [1.165, 1.54) is 24.8 Å². The molecule has 116 valence electrons. The quantitative estimate of drug-likeness (QED) is 0.868. The second kappa shape index (κ2) is 7.41. The first-order chi connectivity index (χ1) is 10.8. The molecule has 0 unspecified atom stereocenters. The van der Waals surface area contributed by atoms with Crippen molar-refractivity contribution in [1.82, 2.24) is 10.2 Å². The van der Waals surface area contributed by atoms with Crippen molar-refractivity contribution in [2.45, 2.75) is 38.1 Å². The van der Waals surface area contributed by atoms with Crippen LogP contribution in [0.25, 0.3) is 6.08 Å². The fraction of sp³-hybridized carbons (Fsp3) is 0.421. The second-order valence-electron chi connectivity index (χ2n) is 6.09. The Bertz CT molecular complexity index is 556. The highest BCUT2D eigenvalue weighted by Gasteiger charge is 2.22. The molecule has 1 amide bonds. The predicted molar refractivity (Wildman–Crippen MR) is 90.1 cm³/mol. The van der Waals surface area contributed by atoms with Gasteiger partial charge in [0.25, 0.3) is 5.91 Å². The maximum absolute atomic E-state index is 12.4. The molecule has 3 nitrogen and oxygen atoms in total. The minimum absolute atomic E-state index is 0.0804. The third-order valence-electron chi connectivity index (χ3n) is 4.45. The summed E-state index contributed by atoms with van der Waals surface area (Å²) >= 11 is 0. The summed E-state index contributed by atoms with van der Waals surface area (Å²) in [7, 11) is 0. The fourth-order valence-corrected chi connectivity index (χ4v) is 3.22. The molecular formula is C19H24N2O. The Morgan fingerprint density at radius 3 is 2.82 bits per heavy atom. The summed E-state index contributed by atoms with van der Waals surface area (Å²) in [5.41, 5.74) is 2.46. The van der Waals surface area contributed by atoms with Gasteiger partial charge < -0.3 is 10.2 Å². The highest BCUT2D eigenvalue weighted by Crippen LogP contribution is 2.23. The molecule has 22 heavy (non-hydrogen) atoms. The van der Waals surface area contributed by atoms with Crippen molar-refractivity contribution < 1.29 is 4.79 Å². The highest BCUT2D eigenvalue weighted by atomic mass is 16.2. The van der Waals surface area contributed by atoms with Crippen LogP contribution in [-0.4, -0.2) is 29.9 Å². The number of benzene rings is 1.